The molecule has 0 saturated heterocycles. The zero-order chi connectivity index (χ0) is 18.8. The number of halogens is 2. The van der Waals surface area contributed by atoms with Gasteiger partial charge in [-0.25, -0.2) is 13.8 Å². The number of rotatable bonds is 5. The molecule has 0 fully saturated rings. The van der Waals surface area contributed by atoms with Gasteiger partial charge in [0.25, 0.3) is 5.56 Å². The van der Waals surface area contributed by atoms with E-state index in [1.54, 1.807) is 6.92 Å². The summed E-state index contributed by atoms with van der Waals surface area (Å²) in [5, 5.41) is 12.5. The van der Waals surface area contributed by atoms with E-state index in [4.69, 9.17) is 9.84 Å². The van der Waals surface area contributed by atoms with Gasteiger partial charge < -0.3 is 15.2 Å². The molecule has 0 aliphatic heterocycles. The lowest BCUT2D eigenvalue weighted by atomic mass is 10.3. The van der Waals surface area contributed by atoms with E-state index in [-0.39, 0.29) is 37.5 Å². The van der Waals surface area contributed by atoms with Gasteiger partial charge in [-0.3, -0.25) is 9.36 Å². The molecule has 2 heterocycles. The maximum atomic E-state index is 13.8. The highest BCUT2D eigenvalue weighted by atomic mass is 19.1. The van der Waals surface area contributed by atoms with Crippen LogP contribution in [0.25, 0.3) is 11.0 Å². The van der Waals surface area contributed by atoms with E-state index in [1.807, 2.05) is 0 Å². The molecule has 27 heavy (non-hydrogen) atoms. The van der Waals surface area contributed by atoms with Crippen LogP contribution in [-0.4, -0.2) is 32.3 Å². The van der Waals surface area contributed by atoms with E-state index in [1.165, 1.54) is 23.9 Å². The van der Waals surface area contributed by atoms with Crippen molar-refractivity contribution in [2.24, 2.45) is 7.05 Å². The van der Waals surface area contributed by atoms with Gasteiger partial charge >= 0.3 is 0 Å². The van der Waals surface area contributed by atoms with Gasteiger partial charge in [-0.15, -0.1) is 0 Å². The third-order valence-corrected chi connectivity index (χ3v) is 3.68. The number of aromatic nitrogens is 3. The fraction of sp³-hybridized carbons (Fsp3) is 0.278. The van der Waals surface area contributed by atoms with E-state index < -0.39 is 17.2 Å². The molecule has 144 valence electrons. The fourth-order valence-electron chi connectivity index (χ4n) is 2.30. The topological polar surface area (TPSA) is 89.3 Å². The summed E-state index contributed by atoms with van der Waals surface area (Å²) < 4.78 is 33.3. The molecule has 0 spiro atoms. The molecule has 0 aliphatic carbocycles. The van der Waals surface area contributed by atoms with Gasteiger partial charge in [-0.2, -0.15) is 4.98 Å². The Labute approximate surface area is 154 Å². The summed E-state index contributed by atoms with van der Waals surface area (Å²) in [4.78, 5) is 20.8. The van der Waals surface area contributed by atoms with Gasteiger partial charge in [0.15, 0.2) is 17.3 Å². The summed E-state index contributed by atoms with van der Waals surface area (Å²) >= 11 is 0. The number of benzene rings is 1. The molecule has 2 N–H and O–H groups in total. The Morgan fingerprint density at radius 2 is 2.04 bits per heavy atom. The summed E-state index contributed by atoms with van der Waals surface area (Å²) in [5.74, 6) is -1.81. The number of nitrogens with zero attached hydrogens (tertiary/aromatic N) is 3. The molecule has 3 rings (SSSR count). The van der Waals surface area contributed by atoms with E-state index in [9.17, 15) is 13.6 Å². The number of hydrogen-bond donors (Lipinski definition) is 2. The van der Waals surface area contributed by atoms with Crippen molar-refractivity contribution in [1.82, 2.24) is 14.5 Å². The monoisotopic (exact) mass is 378 g/mol. The molecule has 0 radical (unpaired) electrons. The number of nitrogens with one attached hydrogen (secondary N) is 1. The molecule has 0 amide bonds. The number of aliphatic hydroxyl groups is 1. The Kier molecular flexibility index (Phi) is 6.06. The van der Waals surface area contributed by atoms with Crippen LogP contribution in [0.3, 0.4) is 0 Å². The highest BCUT2D eigenvalue weighted by Crippen LogP contribution is 2.24. The van der Waals surface area contributed by atoms with Crippen molar-refractivity contribution in [2.75, 3.05) is 11.9 Å². The van der Waals surface area contributed by atoms with Gasteiger partial charge in [0, 0.05) is 30.7 Å². The van der Waals surface area contributed by atoms with Crippen LogP contribution in [-0.2, 0) is 7.05 Å². The summed E-state index contributed by atoms with van der Waals surface area (Å²) in [5.41, 5.74) is -0.203. The first-order valence-electron chi connectivity index (χ1n) is 7.76. The lowest BCUT2D eigenvalue weighted by Gasteiger charge is -2.13. The van der Waals surface area contributed by atoms with Crippen molar-refractivity contribution in [1.29, 1.82) is 0 Å². The first-order valence-corrected chi connectivity index (χ1v) is 7.76. The van der Waals surface area contributed by atoms with Gasteiger partial charge in [0.2, 0.25) is 5.95 Å². The van der Waals surface area contributed by atoms with E-state index >= 15 is 0 Å². The summed E-state index contributed by atoms with van der Waals surface area (Å²) in [6.45, 7) is 1.65. The molecule has 0 saturated carbocycles. The molecule has 3 aromatic rings. The first kappa shape index (κ1) is 20.2. The fourth-order valence-corrected chi connectivity index (χ4v) is 2.30. The van der Waals surface area contributed by atoms with Gasteiger partial charge in [-0.05, 0) is 25.1 Å². The van der Waals surface area contributed by atoms with Crippen molar-refractivity contribution >= 4 is 17.0 Å². The highest BCUT2D eigenvalue weighted by Gasteiger charge is 2.14. The Hall–Kier alpha value is -3.07. The second-order valence-electron chi connectivity index (χ2n) is 5.75. The average molecular weight is 378 g/mol. The van der Waals surface area contributed by atoms with Crippen LogP contribution in [0.5, 0.6) is 11.5 Å². The van der Waals surface area contributed by atoms with E-state index in [2.05, 4.69) is 15.3 Å². The van der Waals surface area contributed by atoms with Crippen LogP contribution < -0.4 is 15.6 Å². The lowest BCUT2D eigenvalue weighted by Crippen LogP contribution is -2.23. The maximum Gasteiger partial charge on any atom is 0.294 e. The zero-order valence-electron chi connectivity index (χ0n) is 14.0. The molecule has 1 aromatic carbocycles. The Morgan fingerprint density at radius 3 is 2.70 bits per heavy atom. The Morgan fingerprint density at radius 1 is 1.30 bits per heavy atom. The van der Waals surface area contributed by atoms with Gasteiger partial charge in [0.05, 0.1) is 6.61 Å². The summed E-state index contributed by atoms with van der Waals surface area (Å²) in [6, 6.07) is 3.94. The van der Waals surface area contributed by atoms with Crippen molar-refractivity contribution < 1.29 is 18.6 Å². The van der Waals surface area contributed by atoms with Crippen LogP contribution in [0, 0.1) is 11.6 Å². The number of aryl methyl sites for hydroxylation is 1. The van der Waals surface area contributed by atoms with Crippen LogP contribution in [0.2, 0.25) is 0 Å². The van der Waals surface area contributed by atoms with Crippen LogP contribution in [0.4, 0.5) is 14.7 Å². The second-order valence-corrected chi connectivity index (χ2v) is 5.75. The molecule has 7 nitrogen and oxygen atoms in total. The number of ether oxygens (including phenoxy) is 1. The van der Waals surface area contributed by atoms with Gasteiger partial charge in [-0.1, -0.05) is 7.43 Å². The Balaban J connectivity index is 0.00000261. The van der Waals surface area contributed by atoms with Crippen molar-refractivity contribution in [3.63, 3.8) is 0 Å². The molecule has 0 unspecified atom stereocenters. The van der Waals surface area contributed by atoms with E-state index in [0.29, 0.717) is 17.1 Å². The molecular formula is C18H20F2N4O3. The summed E-state index contributed by atoms with van der Waals surface area (Å²) in [7, 11) is 1.49. The number of anilines is 1. The predicted molar refractivity (Wildman–Crippen MR) is 98.1 cm³/mol. The Bertz CT molecular complexity index is 1020. The molecule has 0 bridgehead atoms. The standard InChI is InChI=1S/C17H16F2N4O3.CH4/c1-9(8-24)21-17-20-7-10-5-14(16(25)23(2)15(10)22-17)26-13-4-3-11(18)6-12(13)19;/h3-7,9,24H,8H2,1-2H3,(H,20,21,22);1H4/t9-;/m0./s1. The minimum atomic E-state index is -0.916. The van der Waals surface area contributed by atoms with Crippen LogP contribution >= 0.6 is 0 Å². The third-order valence-electron chi connectivity index (χ3n) is 3.68. The number of hydrogen-bond acceptors (Lipinski definition) is 6. The van der Waals surface area contributed by atoms with Gasteiger partial charge in [0.1, 0.15) is 11.5 Å². The predicted octanol–water partition coefficient (Wildman–Crippen LogP) is 2.83. The van der Waals surface area contributed by atoms with Crippen molar-refractivity contribution in [3.8, 4) is 11.5 Å². The van der Waals surface area contributed by atoms with Crippen molar-refractivity contribution in [3.05, 3.63) is 52.5 Å². The lowest BCUT2D eigenvalue weighted by molar-refractivity contribution is 0.281. The smallest absolute Gasteiger partial charge is 0.294 e. The SMILES string of the molecule is C.C[C@@H](CO)Nc1ncc2cc(Oc3ccc(F)cc3F)c(=O)n(C)c2n1. The first-order chi connectivity index (χ1) is 12.4. The van der Waals surface area contributed by atoms with Crippen LogP contribution in [0.15, 0.2) is 35.3 Å². The molecule has 2 aromatic heterocycles. The zero-order valence-corrected chi connectivity index (χ0v) is 14.0. The highest BCUT2D eigenvalue weighted by molar-refractivity contribution is 5.76. The maximum absolute atomic E-state index is 13.8. The number of fused-ring (bicyclic) bond motifs is 1. The largest absolute Gasteiger partial charge is 0.448 e. The minimum absolute atomic E-state index is 0. The van der Waals surface area contributed by atoms with Crippen LogP contribution in [0.1, 0.15) is 14.4 Å². The summed E-state index contributed by atoms with van der Waals surface area (Å²) in [6.07, 6.45) is 1.47. The van der Waals surface area contributed by atoms with Crippen molar-refractivity contribution in [2.45, 2.75) is 20.4 Å². The second kappa shape index (κ2) is 8.09. The molecule has 1 atom stereocenters. The normalized spacial score (nSPS) is 11.7. The van der Waals surface area contributed by atoms with E-state index in [0.717, 1.165) is 12.1 Å². The molecule has 9 heteroatoms. The quantitative estimate of drug-likeness (QED) is 0.710. The third kappa shape index (κ3) is 4.20. The number of aliphatic hydroxyl groups excluding tert-OH is 1. The average Bonchev–Trinajstić information content (AvgIpc) is 2.62. The minimum Gasteiger partial charge on any atom is -0.448 e. The molecular weight excluding hydrogens is 358 g/mol. The number of pyridine rings is 1. The molecule has 0 aliphatic rings.